The van der Waals surface area contributed by atoms with Crippen LogP contribution in [0, 0.1) is 25.1 Å². The van der Waals surface area contributed by atoms with Crippen molar-refractivity contribution in [2.24, 2.45) is 0 Å². The monoisotopic (exact) mass is 319 g/mol. The average molecular weight is 319 g/mol. The zero-order chi connectivity index (χ0) is 17.1. The summed E-state index contributed by atoms with van der Waals surface area (Å²) in [5.41, 5.74) is 6.76. The highest BCUT2D eigenvalue weighted by Crippen LogP contribution is 2.31. The van der Waals surface area contributed by atoms with Crippen LogP contribution in [0.1, 0.15) is 16.7 Å². The molecule has 0 saturated carbocycles. The number of aromatic nitrogens is 1. The molecule has 0 radical (unpaired) electrons. The summed E-state index contributed by atoms with van der Waals surface area (Å²) in [4.78, 5) is 4.14. The Kier molecular flexibility index (Phi) is 4.38. The third kappa shape index (κ3) is 3.18. The van der Waals surface area contributed by atoms with E-state index in [1.807, 2.05) is 38.2 Å². The summed E-state index contributed by atoms with van der Waals surface area (Å²) in [7, 11) is 0. The molecule has 3 nitrogen and oxygen atoms in total. The van der Waals surface area contributed by atoms with Gasteiger partial charge in [0.1, 0.15) is 5.82 Å². The zero-order valence-corrected chi connectivity index (χ0v) is 13.6. The fraction of sp³-hybridized carbons (Fsp3) is 0.100. The van der Waals surface area contributed by atoms with Crippen molar-refractivity contribution in [2.45, 2.75) is 13.8 Å². The number of pyridine rings is 1. The van der Waals surface area contributed by atoms with Gasteiger partial charge in [-0.15, -0.1) is 0 Å². The minimum absolute atomic E-state index is 0.271. The zero-order valence-electron chi connectivity index (χ0n) is 13.6. The van der Waals surface area contributed by atoms with Gasteiger partial charge in [-0.3, -0.25) is 4.98 Å². The number of rotatable bonds is 4. The molecule has 0 aliphatic rings. The van der Waals surface area contributed by atoms with Crippen LogP contribution in [0.15, 0.2) is 54.9 Å². The van der Waals surface area contributed by atoms with Gasteiger partial charge < -0.3 is 10.7 Å². The van der Waals surface area contributed by atoms with E-state index >= 15 is 0 Å². The van der Waals surface area contributed by atoms with Crippen LogP contribution in [-0.2, 0) is 0 Å². The Labute approximate surface area is 140 Å². The summed E-state index contributed by atoms with van der Waals surface area (Å²) >= 11 is 0. The van der Waals surface area contributed by atoms with Gasteiger partial charge in [-0.1, -0.05) is 0 Å². The third-order valence-corrected chi connectivity index (χ3v) is 3.99. The molecule has 0 aliphatic heterocycles. The molecule has 1 aromatic heterocycles. The number of nitrogens with one attached hydrogen (secondary N) is 2. The van der Waals surface area contributed by atoms with Crippen molar-refractivity contribution in [1.29, 1.82) is 5.41 Å². The van der Waals surface area contributed by atoms with Gasteiger partial charge in [-0.25, -0.2) is 4.39 Å². The van der Waals surface area contributed by atoms with Crippen LogP contribution in [0.4, 0.5) is 15.8 Å². The number of benzene rings is 2. The van der Waals surface area contributed by atoms with Crippen molar-refractivity contribution in [3.63, 3.8) is 0 Å². The van der Waals surface area contributed by atoms with E-state index in [0.29, 0.717) is 0 Å². The molecule has 0 aliphatic carbocycles. The first kappa shape index (κ1) is 15.9. The fourth-order valence-electron chi connectivity index (χ4n) is 2.71. The van der Waals surface area contributed by atoms with E-state index in [1.165, 1.54) is 18.3 Å². The summed E-state index contributed by atoms with van der Waals surface area (Å²) < 4.78 is 13.0. The highest BCUT2D eigenvalue weighted by molar-refractivity contribution is 5.91. The largest absolute Gasteiger partial charge is 0.355 e. The predicted octanol–water partition coefficient (Wildman–Crippen LogP) is 5.25. The van der Waals surface area contributed by atoms with Gasteiger partial charge in [-0.2, -0.15) is 0 Å². The van der Waals surface area contributed by atoms with Crippen LogP contribution in [0.5, 0.6) is 0 Å². The van der Waals surface area contributed by atoms with Crippen LogP contribution in [0.25, 0.3) is 11.1 Å². The standard InChI is InChI=1S/C20H18FN3/c1-13-9-20(24-17-5-3-16(21)4-6-17)15(11-22)10-19(13)18-7-8-23-12-14(18)2/h3-12,22,24H,1-2H3. The molecule has 0 unspecified atom stereocenters. The van der Waals surface area contributed by atoms with Gasteiger partial charge >= 0.3 is 0 Å². The first-order valence-corrected chi connectivity index (χ1v) is 7.67. The summed E-state index contributed by atoms with van der Waals surface area (Å²) in [6, 6.07) is 12.2. The van der Waals surface area contributed by atoms with E-state index in [-0.39, 0.29) is 5.82 Å². The minimum atomic E-state index is -0.271. The molecule has 0 atom stereocenters. The maximum Gasteiger partial charge on any atom is 0.123 e. The molecular formula is C20H18FN3. The van der Waals surface area contributed by atoms with Crippen molar-refractivity contribution >= 4 is 17.6 Å². The Bertz CT molecular complexity index is 886. The summed E-state index contributed by atoms with van der Waals surface area (Å²) in [5.74, 6) is -0.271. The van der Waals surface area contributed by atoms with Gasteiger partial charge in [0.2, 0.25) is 0 Å². The van der Waals surface area contributed by atoms with Crippen LogP contribution < -0.4 is 5.32 Å². The van der Waals surface area contributed by atoms with Crippen molar-refractivity contribution in [3.8, 4) is 11.1 Å². The van der Waals surface area contributed by atoms with Gasteiger partial charge in [0.25, 0.3) is 0 Å². The molecule has 2 aromatic carbocycles. The molecule has 3 rings (SSSR count). The van der Waals surface area contributed by atoms with E-state index in [0.717, 1.165) is 39.2 Å². The number of halogens is 1. The maximum atomic E-state index is 13.0. The second-order valence-corrected chi connectivity index (χ2v) is 5.72. The normalized spacial score (nSPS) is 10.5. The third-order valence-electron chi connectivity index (χ3n) is 3.99. The molecule has 2 N–H and O–H groups in total. The first-order chi connectivity index (χ1) is 11.6. The molecule has 24 heavy (non-hydrogen) atoms. The Morgan fingerprint density at radius 3 is 2.42 bits per heavy atom. The molecule has 3 aromatic rings. The number of aryl methyl sites for hydroxylation is 2. The first-order valence-electron chi connectivity index (χ1n) is 7.67. The van der Waals surface area contributed by atoms with Crippen LogP contribution in [0.2, 0.25) is 0 Å². The number of anilines is 2. The van der Waals surface area contributed by atoms with Gasteiger partial charge in [0, 0.05) is 35.5 Å². The Hall–Kier alpha value is -3.01. The van der Waals surface area contributed by atoms with E-state index in [9.17, 15) is 4.39 Å². The lowest BCUT2D eigenvalue weighted by Gasteiger charge is -2.15. The second kappa shape index (κ2) is 6.62. The summed E-state index contributed by atoms with van der Waals surface area (Å²) in [6.45, 7) is 4.06. The second-order valence-electron chi connectivity index (χ2n) is 5.72. The molecule has 0 spiro atoms. The number of hydrogen-bond acceptors (Lipinski definition) is 3. The molecular weight excluding hydrogens is 301 g/mol. The van der Waals surface area contributed by atoms with E-state index < -0.39 is 0 Å². The molecule has 1 heterocycles. The quantitative estimate of drug-likeness (QED) is 0.646. The maximum absolute atomic E-state index is 13.0. The molecule has 0 amide bonds. The molecule has 4 heteroatoms. The Morgan fingerprint density at radius 2 is 1.75 bits per heavy atom. The van der Waals surface area contributed by atoms with Crippen LogP contribution in [0.3, 0.4) is 0 Å². The highest BCUT2D eigenvalue weighted by atomic mass is 19.1. The van der Waals surface area contributed by atoms with Crippen LogP contribution >= 0.6 is 0 Å². The Balaban J connectivity index is 2.03. The van der Waals surface area contributed by atoms with E-state index in [4.69, 9.17) is 5.41 Å². The Morgan fingerprint density at radius 1 is 1.00 bits per heavy atom. The molecule has 0 bridgehead atoms. The molecule has 120 valence electrons. The highest BCUT2D eigenvalue weighted by Gasteiger charge is 2.10. The minimum Gasteiger partial charge on any atom is -0.355 e. The summed E-state index contributed by atoms with van der Waals surface area (Å²) in [6.07, 6.45) is 4.94. The lowest BCUT2D eigenvalue weighted by molar-refractivity contribution is 0.628. The average Bonchev–Trinajstić information content (AvgIpc) is 2.58. The summed E-state index contributed by atoms with van der Waals surface area (Å²) in [5, 5.41) is 11.0. The SMILES string of the molecule is Cc1cnccc1-c1cc(C=N)c(Nc2ccc(F)cc2)cc1C. The number of hydrogen-bond donors (Lipinski definition) is 2. The molecule has 0 saturated heterocycles. The molecule has 0 fully saturated rings. The van der Waals surface area contributed by atoms with Gasteiger partial charge in [0.15, 0.2) is 0 Å². The van der Waals surface area contributed by atoms with E-state index in [1.54, 1.807) is 18.3 Å². The smallest absolute Gasteiger partial charge is 0.123 e. The van der Waals surface area contributed by atoms with Crippen LogP contribution in [-0.4, -0.2) is 11.2 Å². The van der Waals surface area contributed by atoms with Crippen molar-refractivity contribution in [3.05, 3.63) is 77.4 Å². The van der Waals surface area contributed by atoms with E-state index in [2.05, 4.69) is 10.3 Å². The van der Waals surface area contributed by atoms with Crippen molar-refractivity contribution in [2.75, 3.05) is 5.32 Å². The lowest BCUT2D eigenvalue weighted by atomic mass is 9.95. The van der Waals surface area contributed by atoms with Gasteiger partial charge in [0.05, 0.1) is 0 Å². The fourth-order valence-corrected chi connectivity index (χ4v) is 2.71. The lowest BCUT2D eigenvalue weighted by Crippen LogP contribution is -1.98. The number of nitrogens with zero attached hydrogens (tertiary/aromatic N) is 1. The topological polar surface area (TPSA) is 48.8 Å². The predicted molar refractivity (Wildman–Crippen MR) is 96.7 cm³/mol. The van der Waals surface area contributed by atoms with Crippen molar-refractivity contribution < 1.29 is 4.39 Å². The van der Waals surface area contributed by atoms with Gasteiger partial charge in [-0.05, 0) is 78.6 Å². The van der Waals surface area contributed by atoms with Crippen molar-refractivity contribution in [1.82, 2.24) is 4.98 Å².